The first-order valence-corrected chi connectivity index (χ1v) is 13.6. The van der Waals surface area contributed by atoms with Crippen LogP contribution in [0.5, 0.6) is 0 Å². The van der Waals surface area contributed by atoms with Crippen LogP contribution in [0.2, 0.25) is 0 Å². The Morgan fingerprint density at radius 3 is 2.64 bits per heavy atom. The number of carbonyl (C=O) groups excluding carboxylic acids is 2. The van der Waals surface area contributed by atoms with Crippen molar-refractivity contribution < 1.29 is 14.3 Å². The molecule has 0 spiro atoms. The van der Waals surface area contributed by atoms with Gasteiger partial charge in [-0.15, -0.1) is 5.10 Å². The quantitative estimate of drug-likeness (QED) is 0.336. The Hall–Kier alpha value is -4.04. The molecule has 1 N–H and O–H groups in total. The molecule has 1 saturated heterocycles. The smallest absolute Gasteiger partial charge is 0.247 e. The third kappa shape index (κ3) is 6.52. The minimum atomic E-state index is -0.793. The number of fused-ring (bicyclic) bond motifs is 1. The van der Waals surface area contributed by atoms with E-state index in [1.807, 2.05) is 61.5 Å². The van der Waals surface area contributed by atoms with Crippen molar-refractivity contribution in [2.45, 2.75) is 51.8 Å². The Balaban J connectivity index is 1.46. The van der Waals surface area contributed by atoms with Crippen LogP contribution in [0.1, 0.15) is 41.1 Å². The van der Waals surface area contributed by atoms with Crippen molar-refractivity contribution in [3.8, 4) is 0 Å². The predicted octanol–water partition coefficient (Wildman–Crippen LogP) is 4.16. The maximum Gasteiger partial charge on any atom is 0.247 e. The van der Waals surface area contributed by atoms with E-state index in [1.54, 1.807) is 9.58 Å². The number of hydrogen-bond acceptors (Lipinski definition) is 5. The summed E-state index contributed by atoms with van der Waals surface area (Å²) >= 11 is 0. The normalized spacial score (nSPS) is 15.8. The number of aryl methyl sites for hydroxylation is 2. The number of para-hydroxylation sites is 1. The van der Waals surface area contributed by atoms with Gasteiger partial charge in [-0.1, -0.05) is 77.0 Å². The SMILES string of the molecule is Cc1ccc([C@H](C(=O)NC[C@@H]2CCCO2)N(CCc2cccc(C)c2)C(=O)Cn2nnc3ccccc32)cc1. The molecule has 202 valence electrons. The van der Waals surface area contributed by atoms with Crippen molar-refractivity contribution in [1.29, 1.82) is 0 Å². The highest BCUT2D eigenvalue weighted by molar-refractivity contribution is 5.89. The lowest BCUT2D eigenvalue weighted by Crippen LogP contribution is -2.47. The van der Waals surface area contributed by atoms with E-state index in [0.29, 0.717) is 19.5 Å². The zero-order valence-electron chi connectivity index (χ0n) is 22.5. The Kier molecular flexibility index (Phi) is 8.32. The van der Waals surface area contributed by atoms with Gasteiger partial charge in [0.2, 0.25) is 11.8 Å². The molecule has 4 aromatic rings. The molecule has 0 radical (unpaired) electrons. The molecule has 1 fully saturated rings. The first-order valence-electron chi connectivity index (χ1n) is 13.6. The molecule has 39 heavy (non-hydrogen) atoms. The van der Waals surface area contributed by atoms with Gasteiger partial charge < -0.3 is 15.0 Å². The molecule has 2 heterocycles. The average Bonchev–Trinajstić information content (AvgIpc) is 3.61. The van der Waals surface area contributed by atoms with Gasteiger partial charge >= 0.3 is 0 Å². The lowest BCUT2D eigenvalue weighted by Gasteiger charge is -2.32. The predicted molar refractivity (Wildman–Crippen MR) is 150 cm³/mol. The van der Waals surface area contributed by atoms with Gasteiger partial charge in [0.15, 0.2) is 0 Å². The zero-order valence-corrected chi connectivity index (χ0v) is 22.5. The van der Waals surface area contributed by atoms with Crippen molar-refractivity contribution in [2.75, 3.05) is 19.7 Å². The fourth-order valence-corrected chi connectivity index (χ4v) is 5.11. The summed E-state index contributed by atoms with van der Waals surface area (Å²) in [6.45, 7) is 5.56. The van der Waals surface area contributed by atoms with Crippen LogP contribution in [0, 0.1) is 13.8 Å². The average molecular weight is 526 g/mol. The van der Waals surface area contributed by atoms with Crippen molar-refractivity contribution in [2.24, 2.45) is 0 Å². The van der Waals surface area contributed by atoms with E-state index < -0.39 is 6.04 Å². The molecule has 1 aliphatic rings. The van der Waals surface area contributed by atoms with Crippen LogP contribution in [-0.4, -0.2) is 57.5 Å². The number of benzene rings is 3. The molecular formula is C31H35N5O3. The van der Waals surface area contributed by atoms with Gasteiger partial charge in [0.25, 0.3) is 0 Å². The molecule has 1 aliphatic heterocycles. The van der Waals surface area contributed by atoms with Crippen LogP contribution >= 0.6 is 0 Å². The van der Waals surface area contributed by atoms with Crippen LogP contribution in [0.15, 0.2) is 72.8 Å². The summed E-state index contributed by atoms with van der Waals surface area (Å²) in [6, 6.07) is 22.8. The zero-order chi connectivity index (χ0) is 27.2. The Labute approximate surface area is 229 Å². The number of hydrogen-bond donors (Lipinski definition) is 1. The summed E-state index contributed by atoms with van der Waals surface area (Å²) in [5, 5.41) is 11.5. The van der Waals surface area contributed by atoms with Crippen LogP contribution in [0.25, 0.3) is 11.0 Å². The van der Waals surface area contributed by atoms with Gasteiger partial charge in [0.05, 0.1) is 11.6 Å². The number of nitrogens with zero attached hydrogens (tertiary/aromatic N) is 4. The van der Waals surface area contributed by atoms with Crippen LogP contribution < -0.4 is 5.32 Å². The largest absolute Gasteiger partial charge is 0.376 e. The van der Waals surface area contributed by atoms with Crippen molar-refractivity contribution in [3.05, 3.63) is 95.1 Å². The van der Waals surface area contributed by atoms with Gasteiger partial charge in [-0.05, 0) is 56.4 Å². The van der Waals surface area contributed by atoms with E-state index in [9.17, 15) is 9.59 Å². The number of amides is 2. The molecular weight excluding hydrogens is 490 g/mol. The maximum absolute atomic E-state index is 14.0. The molecule has 8 heteroatoms. The summed E-state index contributed by atoms with van der Waals surface area (Å²) in [5.41, 5.74) is 5.63. The molecule has 8 nitrogen and oxygen atoms in total. The standard InChI is InChI=1S/C31H35N5O3/c1-22-12-14-25(15-13-22)30(31(38)32-20-26-9-6-18-39-26)35(17-16-24-8-5-7-23(2)19-24)29(37)21-36-28-11-4-3-10-27(28)33-34-36/h3-5,7-8,10-15,19,26,30H,6,9,16-18,20-21H2,1-2H3,(H,32,38)/t26-,30+/m0/s1. The third-order valence-corrected chi connectivity index (χ3v) is 7.23. The maximum atomic E-state index is 14.0. The monoisotopic (exact) mass is 525 g/mol. The van der Waals surface area contributed by atoms with Crippen molar-refractivity contribution in [1.82, 2.24) is 25.2 Å². The molecule has 3 aromatic carbocycles. The van der Waals surface area contributed by atoms with Gasteiger partial charge in [-0.3, -0.25) is 9.59 Å². The van der Waals surface area contributed by atoms with Gasteiger partial charge in [0, 0.05) is 19.7 Å². The Morgan fingerprint density at radius 2 is 1.87 bits per heavy atom. The molecule has 0 unspecified atom stereocenters. The lowest BCUT2D eigenvalue weighted by molar-refractivity contribution is -0.141. The van der Waals surface area contributed by atoms with Crippen molar-refractivity contribution >= 4 is 22.8 Å². The number of ether oxygens (including phenoxy) is 1. The van der Waals surface area contributed by atoms with Gasteiger partial charge in [-0.25, -0.2) is 4.68 Å². The number of aromatic nitrogens is 3. The van der Waals surface area contributed by atoms with E-state index in [2.05, 4.69) is 40.8 Å². The summed E-state index contributed by atoms with van der Waals surface area (Å²) < 4.78 is 7.33. The summed E-state index contributed by atoms with van der Waals surface area (Å²) in [5.74, 6) is -0.411. The topological polar surface area (TPSA) is 89.4 Å². The molecule has 0 bridgehead atoms. The second-order valence-corrected chi connectivity index (χ2v) is 10.3. The highest BCUT2D eigenvalue weighted by atomic mass is 16.5. The van der Waals surface area contributed by atoms with Gasteiger partial charge in [-0.2, -0.15) is 0 Å². The van der Waals surface area contributed by atoms with E-state index >= 15 is 0 Å². The van der Waals surface area contributed by atoms with Crippen LogP contribution in [-0.2, 0) is 27.3 Å². The van der Waals surface area contributed by atoms with E-state index in [1.165, 1.54) is 0 Å². The summed E-state index contributed by atoms with van der Waals surface area (Å²) in [6.07, 6.45) is 2.54. The van der Waals surface area contributed by atoms with Crippen molar-refractivity contribution in [3.63, 3.8) is 0 Å². The summed E-state index contributed by atoms with van der Waals surface area (Å²) in [4.78, 5) is 29.5. The summed E-state index contributed by atoms with van der Waals surface area (Å²) in [7, 11) is 0. The molecule has 2 atom stereocenters. The highest BCUT2D eigenvalue weighted by Crippen LogP contribution is 2.24. The molecule has 0 saturated carbocycles. The fraction of sp³-hybridized carbons (Fsp3) is 0.355. The number of rotatable bonds is 10. The third-order valence-electron chi connectivity index (χ3n) is 7.23. The second kappa shape index (κ2) is 12.2. The minimum Gasteiger partial charge on any atom is -0.376 e. The lowest BCUT2D eigenvalue weighted by atomic mass is 10.0. The minimum absolute atomic E-state index is 0.00516. The molecule has 0 aliphatic carbocycles. The first-order chi connectivity index (χ1) is 19.0. The van der Waals surface area contributed by atoms with E-state index in [4.69, 9.17) is 4.74 Å². The van der Waals surface area contributed by atoms with E-state index in [-0.39, 0.29) is 24.5 Å². The Bertz CT molecular complexity index is 1430. The van der Waals surface area contributed by atoms with E-state index in [0.717, 1.165) is 52.7 Å². The molecule has 5 rings (SSSR count). The highest BCUT2D eigenvalue weighted by Gasteiger charge is 2.32. The second-order valence-electron chi connectivity index (χ2n) is 10.3. The number of carbonyl (C=O) groups is 2. The fourth-order valence-electron chi connectivity index (χ4n) is 5.11. The first kappa shape index (κ1) is 26.6. The molecule has 1 aromatic heterocycles. The molecule has 2 amide bonds. The number of nitrogens with one attached hydrogen (secondary N) is 1. The van der Waals surface area contributed by atoms with Crippen LogP contribution in [0.3, 0.4) is 0 Å². The van der Waals surface area contributed by atoms with Crippen LogP contribution in [0.4, 0.5) is 0 Å². The Morgan fingerprint density at radius 1 is 1.05 bits per heavy atom. The van der Waals surface area contributed by atoms with Gasteiger partial charge in [0.1, 0.15) is 18.1 Å².